The maximum absolute atomic E-state index is 13.3. The van der Waals surface area contributed by atoms with Crippen LogP contribution in [0.2, 0.25) is 0 Å². The molecule has 2 aromatic heterocycles. The van der Waals surface area contributed by atoms with Crippen molar-refractivity contribution in [3.05, 3.63) is 36.4 Å². The lowest BCUT2D eigenvalue weighted by Crippen LogP contribution is -2.52. The summed E-state index contributed by atoms with van der Waals surface area (Å²) in [5.41, 5.74) is 19.1. The molecule has 4 rings (SSSR count). The summed E-state index contributed by atoms with van der Waals surface area (Å²) >= 11 is 1.88. The van der Waals surface area contributed by atoms with E-state index in [0.29, 0.717) is 102 Å². The zero-order valence-corrected chi connectivity index (χ0v) is 41.4. The maximum atomic E-state index is 13.3. The van der Waals surface area contributed by atoms with Crippen LogP contribution in [0.3, 0.4) is 0 Å². The molecule has 0 spiro atoms. The lowest BCUT2D eigenvalue weighted by atomic mass is 10.0. The van der Waals surface area contributed by atoms with Gasteiger partial charge >= 0.3 is 6.03 Å². The van der Waals surface area contributed by atoms with Gasteiger partial charge in [0.1, 0.15) is 12.1 Å². The van der Waals surface area contributed by atoms with Crippen molar-refractivity contribution >= 4 is 53.2 Å². The molecule has 2 fully saturated rings. The Labute approximate surface area is 418 Å². The highest BCUT2D eigenvalue weighted by Crippen LogP contribution is 2.33. The van der Waals surface area contributed by atoms with E-state index < -0.39 is 47.8 Å². The number of nitrogens with two attached hydrogens (primary N) is 3. The van der Waals surface area contributed by atoms with Crippen LogP contribution in [0.15, 0.2) is 25.0 Å². The second kappa shape index (κ2) is 34.1. The molecular formula is C45H76N14O11S. The summed E-state index contributed by atoms with van der Waals surface area (Å²) in [4.78, 5) is 101. The van der Waals surface area contributed by atoms with Crippen molar-refractivity contribution in [2.75, 3.05) is 78.2 Å². The van der Waals surface area contributed by atoms with Crippen LogP contribution in [-0.2, 0) is 60.6 Å². The molecule has 2 aromatic rings. The number of amides is 8. The number of primary amides is 1. The summed E-state index contributed by atoms with van der Waals surface area (Å²) in [6.45, 7) is 3.53. The summed E-state index contributed by atoms with van der Waals surface area (Å²) in [7, 11) is 0. The first-order valence-corrected chi connectivity index (χ1v) is 25.6. The quantitative estimate of drug-likeness (QED) is 0.0251. The number of aromatic nitrogens is 4. The summed E-state index contributed by atoms with van der Waals surface area (Å²) in [5.74, 6) is -1.39. The Morgan fingerprint density at radius 2 is 1.21 bits per heavy atom. The third kappa shape index (κ3) is 24.1. The Kier molecular flexibility index (Phi) is 27.9. The molecule has 0 aromatic carbocycles. The topological polar surface area (TPSA) is 376 Å². The van der Waals surface area contributed by atoms with E-state index in [0.717, 1.165) is 30.7 Å². The zero-order chi connectivity index (χ0) is 51.1. The third-order valence-electron chi connectivity index (χ3n) is 11.7. The number of imidazole rings is 2. The Bertz CT molecular complexity index is 1880. The van der Waals surface area contributed by atoms with Crippen LogP contribution >= 0.6 is 11.8 Å². The van der Waals surface area contributed by atoms with Gasteiger partial charge in [-0.05, 0) is 51.4 Å². The molecule has 2 aliphatic rings. The number of nitrogens with zero attached hydrogens (tertiary/aromatic N) is 2. The minimum Gasteiger partial charge on any atom is -0.379 e. The van der Waals surface area contributed by atoms with Crippen LogP contribution in [-0.4, -0.2) is 181 Å². The van der Waals surface area contributed by atoms with E-state index in [1.54, 1.807) is 12.4 Å². The van der Waals surface area contributed by atoms with E-state index in [9.17, 15) is 33.6 Å². The van der Waals surface area contributed by atoms with Gasteiger partial charge in [0.2, 0.25) is 35.4 Å². The number of aromatic amines is 2. The monoisotopic (exact) mass is 1020 g/mol. The second-order valence-electron chi connectivity index (χ2n) is 17.3. The van der Waals surface area contributed by atoms with Crippen LogP contribution in [0.5, 0.6) is 0 Å². The van der Waals surface area contributed by atoms with Crippen molar-refractivity contribution in [1.82, 2.24) is 57.2 Å². The molecule has 398 valence electrons. The number of rotatable bonds is 40. The fourth-order valence-corrected chi connectivity index (χ4v) is 9.27. The summed E-state index contributed by atoms with van der Waals surface area (Å²) in [6, 6.07) is -3.17. The molecule has 4 heterocycles. The van der Waals surface area contributed by atoms with Gasteiger partial charge in [-0.25, -0.2) is 14.8 Å². The normalized spacial score (nSPS) is 17.8. The van der Waals surface area contributed by atoms with Crippen LogP contribution in [0.1, 0.15) is 82.0 Å². The number of nitrogens with one attached hydrogen (secondary N) is 9. The first-order valence-electron chi connectivity index (χ1n) is 24.6. The SMILES string of the molecule is NC(=O)C(CCCCNC(=O)C(CCCCNC(=O)C(N)Cc1cnc[nH]1)NC(=O)C(N)Cc1cnc[nH]1)NC(=O)CCOCCOCCOCCOCCNC(=O)CCCCC1SC[C@H]2NC(=O)N[C@@H]12. The van der Waals surface area contributed by atoms with Crippen LogP contribution in [0, 0.1) is 0 Å². The average Bonchev–Trinajstić information content (AvgIpc) is 4.19. The van der Waals surface area contributed by atoms with E-state index in [4.69, 9.17) is 36.1 Å². The number of thioether (sulfide) groups is 1. The summed E-state index contributed by atoms with van der Waals surface area (Å²) in [6.07, 6.45) is 12.3. The van der Waals surface area contributed by atoms with Crippen molar-refractivity contribution in [2.24, 2.45) is 17.2 Å². The molecule has 26 heteroatoms. The van der Waals surface area contributed by atoms with Crippen LogP contribution < -0.4 is 54.4 Å². The lowest BCUT2D eigenvalue weighted by molar-refractivity contribution is -0.129. The van der Waals surface area contributed by atoms with Gasteiger partial charge in [-0.2, -0.15) is 11.8 Å². The van der Waals surface area contributed by atoms with Crippen LogP contribution in [0.25, 0.3) is 0 Å². The number of urea groups is 1. The van der Waals surface area contributed by atoms with E-state index in [-0.39, 0.29) is 75.4 Å². The molecular weight excluding hydrogens is 945 g/mol. The van der Waals surface area contributed by atoms with Crippen molar-refractivity contribution in [3.63, 3.8) is 0 Å². The number of hydrogen-bond donors (Lipinski definition) is 12. The van der Waals surface area contributed by atoms with Gasteiger partial charge in [0.25, 0.3) is 0 Å². The highest BCUT2D eigenvalue weighted by Gasteiger charge is 2.42. The van der Waals surface area contributed by atoms with E-state index in [1.807, 2.05) is 11.8 Å². The number of carbonyl (C=O) groups excluding carboxylic acids is 7. The molecule has 0 radical (unpaired) electrons. The highest BCUT2D eigenvalue weighted by atomic mass is 32.2. The minimum atomic E-state index is -0.932. The Hall–Kier alpha value is -5.38. The van der Waals surface area contributed by atoms with Crippen molar-refractivity contribution in [3.8, 4) is 0 Å². The molecule has 0 saturated carbocycles. The molecule has 2 aliphatic heterocycles. The molecule has 15 N–H and O–H groups in total. The number of carbonyl (C=O) groups is 7. The zero-order valence-electron chi connectivity index (χ0n) is 40.6. The molecule has 5 unspecified atom stereocenters. The molecule has 7 atom stereocenters. The first-order chi connectivity index (χ1) is 34.4. The van der Waals surface area contributed by atoms with E-state index >= 15 is 0 Å². The number of ether oxygens (including phenoxy) is 4. The number of fused-ring (bicyclic) bond motifs is 1. The smallest absolute Gasteiger partial charge is 0.315 e. The van der Waals surface area contributed by atoms with Crippen molar-refractivity contribution in [1.29, 1.82) is 0 Å². The van der Waals surface area contributed by atoms with Crippen molar-refractivity contribution in [2.45, 2.75) is 125 Å². The fourth-order valence-electron chi connectivity index (χ4n) is 7.73. The second-order valence-corrected chi connectivity index (χ2v) is 18.6. The fraction of sp³-hybridized carbons (Fsp3) is 0.711. The van der Waals surface area contributed by atoms with Gasteiger partial charge in [0.05, 0.1) is 89.7 Å². The Morgan fingerprint density at radius 1 is 0.634 bits per heavy atom. The number of H-pyrrole nitrogens is 2. The van der Waals surface area contributed by atoms with Gasteiger partial charge < -0.3 is 83.3 Å². The standard InChI is InChI=1S/C45H76N14O11S/c46-32(23-30-25-49-28-54-30)42(63)52-12-6-4-8-35(57-43(64)33(47)24-31-26-50-29-55-31)44(65)53-13-5-3-7-34(41(48)62)56-39(61)11-15-67-17-19-69-21-22-70-20-18-68-16-14-51-38(60)10-2-1-9-37-40-36(27-71-37)58-45(66)59-40/h25-26,28-29,32-37,40H,1-24,27,46-47H2,(H2,48,62)(H,49,54)(H,50,55)(H,51,60)(H,52,63)(H,53,65)(H,56,61)(H,57,64)(H2,58,59,66)/t32?,33?,34?,35?,36-,37?,40-/m1/s1. The van der Waals surface area contributed by atoms with Gasteiger partial charge in [0.15, 0.2) is 0 Å². The van der Waals surface area contributed by atoms with E-state index in [2.05, 4.69) is 57.2 Å². The van der Waals surface area contributed by atoms with Gasteiger partial charge in [-0.1, -0.05) is 6.42 Å². The van der Waals surface area contributed by atoms with Gasteiger partial charge in [0, 0.05) is 80.1 Å². The Balaban J connectivity index is 0.965. The van der Waals surface area contributed by atoms with E-state index in [1.165, 1.54) is 12.7 Å². The van der Waals surface area contributed by atoms with Crippen molar-refractivity contribution < 1.29 is 52.5 Å². The summed E-state index contributed by atoms with van der Waals surface area (Å²) in [5, 5.41) is 20.2. The highest BCUT2D eigenvalue weighted by molar-refractivity contribution is 8.00. The predicted molar refractivity (Wildman–Crippen MR) is 262 cm³/mol. The third-order valence-corrected chi connectivity index (χ3v) is 13.2. The van der Waals surface area contributed by atoms with Crippen LogP contribution in [0.4, 0.5) is 4.79 Å². The molecule has 0 bridgehead atoms. The lowest BCUT2D eigenvalue weighted by Gasteiger charge is -2.21. The molecule has 0 aliphatic carbocycles. The first kappa shape index (κ1) is 58.2. The average molecular weight is 1020 g/mol. The van der Waals surface area contributed by atoms with Gasteiger partial charge in [-0.3, -0.25) is 28.8 Å². The molecule has 71 heavy (non-hydrogen) atoms. The largest absolute Gasteiger partial charge is 0.379 e. The molecule has 25 nitrogen and oxygen atoms in total. The Morgan fingerprint density at radius 3 is 1.82 bits per heavy atom. The summed E-state index contributed by atoms with van der Waals surface area (Å²) < 4.78 is 22.0. The molecule has 2 saturated heterocycles. The van der Waals surface area contributed by atoms with Gasteiger partial charge in [-0.15, -0.1) is 0 Å². The minimum absolute atomic E-state index is 0.000166. The number of hydrogen-bond acceptors (Lipinski definition) is 16. The molecule has 8 amide bonds. The number of unbranched alkanes of at least 4 members (excludes halogenated alkanes) is 3. The predicted octanol–water partition coefficient (Wildman–Crippen LogP) is -2.10. The maximum Gasteiger partial charge on any atom is 0.315 e.